The van der Waals surface area contributed by atoms with E-state index in [1.807, 2.05) is 57.2 Å². The highest BCUT2D eigenvalue weighted by Gasteiger charge is 2.28. The summed E-state index contributed by atoms with van der Waals surface area (Å²) in [5, 5.41) is 0. The van der Waals surface area contributed by atoms with E-state index in [9.17, 15) is 9.59 Å². The van der Waals surface area contributed by atoms with E-state index in [1.54, 1.807) is 29.2 Å². The Hall–Kier alpha value is -2.82. The lowest BCUT2D eigenvalue weighted by Gasteiger charge is -2.34. The van der Waals surface area contributed by atoms with Crippen LogP contribution in [0.2, 0.25) is 0 Å². The number of benzene rings is 2. The Balaban J connectivity index is 1.90. The van der Waals surface area contributed by atoms with E-state index in [4.69, 9.17) is 9.47 Å². The molecule has 0 aliphatic carbocycles. The Labute approximate surface area is 154 Å². The average molecular weight is 355 g/mol. The lowest BCUT2D eigenvalue weighted by atomic mass is 10.1. The average Bonchev–Trinajstić information content (AvgIpc) is 2.60. The topological polar surface area (TPSA) is 55.8 Å². The van der Waals surface area contributed by atoms with E-state index in [-0.39, 0.29) is 25.5 Å². The third-order valence-corrected chi connectivity index (χ3v) is 3.75. The van der Waals surface area contributed by atoms with Gasteiger partial charge in [-0.3, -0.25) is 4.79 Å². The molecular weight excluding hydrogens is 330 g/mol. The molecule has 0 heterocycles. The number of carbonyl (C=O) groups excluding carboxylic acids is 2. The van der Waals surface area contributed by atoms with Crippen LogP contribution in [0.3, 0.4) is 0 Å². The zero-order valence-corrected chi connectivity index (χ0v) is 15.5. The van der Waals surface area contributed by atoms with Gasteiger partial charge in [0.15, 0.2) is 0 Å². The number of nitrogens with zero attached hydrogens (tertiary/aromatic N) is 1. The van der Waals surface area contributed by atoms with Crippen LogP contribution < -0.4 is 4.74 Å². The lowest BCUT2D eigenvalue weighted by Crippen LogP contribution is -2.47. The normalized spacial score (nSPS) is 10.9. The largest absolute Gasteiger partial charge is 0.445 e. The second kappa shape index (κ2) is 9.04. The highest BCUT2D eigenvalue weighted by Crippen LogP contribution is 2.17. The van der Waals surface area contributed by atoms with Crippen LogP contribution in [0.25, 0.3) is 0 Å². The first kappa shape index (κ1) is 19.5. The summed E-state index contributed by atoms with van der Waals surface area (Å²) in [4.78, 5) is 26.1. The molecule has 0 spiro atoms. The minimum Gasteiger partial charge on any atom is -0.445 e. The fourth-order valence-electron chi connectivity index (χ4n) is 2.37. The zero-order valence-electron chi connectivity index (χ0n) is 15.5. The van der Waals surface area contributed by atoms with Crippen molar-refractivity contribution in [2.45, 2.75) is 39.3 Å². The quantitative estimate of drug-likeness (QED) is 0.568. The van der Waals surface area contributed by atoms with Crippen LogP contribution in [0.5, 0.6) is 5.75 Å². The zero-order chi connectivity index (χ0) is 19.0. The van der Waals surface area contributed by atoms with Crippen LogP contribution in [0.15, 0.2) is 60.7 Å². The molecule has 0 aliphatic heterocycles. The number of amides is 1. The third-order valence-electron chi connectivity index (χ3n) is 3.75. The van der Waals surface area contributed by atoms with Crippen molar-refractivity contribution in [3.63, 3.8) is 0 Å². The molecule has 2 aromatic rings. The molecule has 0 N–H and O–H groups in total. The molecule has 0 saturated heterocycles. The summed E-state index contributed by atoms with van der Waals surface area (Å²) < 4.78 is 10.7. The highest BCUT2D eigenvalue weighted by molar-refractivity contribution is 5.74. The van der Waals surface area contributed by atoms with Crippen LogP contribution in [0.4, 0.5) is 4.79 Å². The summed E-state index contributed by atoms with van der Waals surface area (Å²) in [5.41, 5.74) is 0.444. The van der Waals surface area contributed by atoms with E-state index < -0.39 is 11.6 Å². The van der Waals surface area contributed by atoms with Gasteiger partial charge >= 0.3 is 12.1 Å². The van der Waals surface area contributed by atoms with E-state index in [1.165, 1.54) is 0 Å². The number of rotatable bonds is 6. The molecule has 138 valence electrons. The summed E-state index contributed by atoms with van der Waals surface area (Å²) in [5.74, 6) is 0.104. The van der Waals surface area contributed by atoms with Gasteiger partial charge in [0.2, 0.25) is 0 Å². The summed E-state index contributed by atoms with van der Waals surface area (Å²) in [6.45, 7) is 6.13. The van der Waals surface area contributed by atoms with Gasteiger partial charge in [-0.05, 0) is 38.5 Å². The standard InChI is InChI=1S/C21H25NO4/c1-21(2,3)22(20(24)25-16-17-10-6-4-7-11-17)15-14-19(23)26-18-12-8-5-9-13-18/h4-13H,14-16H2,1-3H3. The SMILES string of the molecule is CC(C)(C)N(CCC(=O)Oc1ccccc1)C(=O)OCc1ccccc1. The Morgan fingerprint density at radius 1 is 0.923 bits per heavy atom. The van der Waals surface area contributed by atoms with Gasteiger partial charge in [0.25, 0.3) is 0 Å². The predicted molar refractivity (Wildman–Crippen MR) is 99.8 cm³/mol. The van der Waals surface area contributed by atoms with Crippen molar-refractivity contribution in [1.82, 2.24) is 4.90 Å². The lowest BCUT2D eigenvalue weighted by molar-refractivity contribution is -0.134. The van der Waals surface area contributed by atoms with Crippen molar-refractivity contribution in [1.29, 1.82) is 0 Å². The predicted octanol–water partition coefficient (Wildman–Crippen LogP) is 4.42. The fourth-order valence-corrected chi connectivity index (χ4v) is 2.37. The van der Waals surface area contributed by atoms with E-state index in [0.717, 1.165) is 5.56 Å². The molecular formula is C21H25NO4. The maximum Gasteiger partial charge on any atom is 0.410 e. The summed E-state index contributed by atoms with van der Waals surface area (Å²) in [7, 11) is 0. The molecule has 0 aromatic heterocycles. The molecule has 0 bridgehead atoms. The molecule has 0 unspecified atom stereocenters. The van der Waals surface area contributed by atoms with Gasteiger partial charge in [0.1, 0.15) is 12.4 Å². The number of carbonyl (C=O) groups is 2. The van der Waals surface area contributed by atoms with Crippen LogP contribution in [-0.4, -0.2) is 29.0 Å². The summed E-state index contributed by atoms with van der Waals surface area (Å²) >= 11 is 0. The maximum absolute atomic E-state index is 12.5. The monoisotopic (exact) mass is 355 g/mol. The molecule has 2 aromatic carbocycles. The molecule has 2 rings (SSSR count). The molecule has 0 saturated carbocycles. The molecule has 5 heteroatoms. The van der Waals surface area contributed by atoms with Gasteiger partial charge in [-0.1, -0.05) is 48.5 Å². The highest BCUT2D eigenvalue weighted by atomic mass is 16.6. The molecule has 0 radical (unpaired) electrons. The van der Waals surface area contributed by atoms with Gasteiger partial charge in [0, 0.05) is 12.1 Å². The van der Waals surface area contributed by atoms with Crippen LogP contribution in [0.1, 0.15) is 32.8 Å². The molecule has 0 aliphatic rings. The molecule has 0 atom stereocenters. The van der Waals surface area contributed by atoms with Crippen molar-refractivity contribution in [2.75, 3.05) is 6.54 Å². The number of hydrogen-bond donors (Lipinski definition) is 0. The number of ether oxygens (including phenoxy) is 2. The van der Waals surface area contributed by atoms with Crippen LogP contribution in [0, 0.1) is 0 Å². The second-order valence-corrected chi connectivity index (χ2v) is 6.90. The van der Waals surface area contributed by atoms with Crippen LogP contribution in [-0.2, 0) is 16.1 Å². The van der Waals surface area contributed by atoms with Gasteiger partial charge < -0.3 is 14.4 Å². The Morgan fingerprint density at radius 3 is 2.08 bits per heavy atom. The number of para-hydroxylation sites is 1. The van der Waals surface area contributed by atoms with Crippen molar-refractivity contribution < 1.29 is 19.1 Å². The first-order valence-corrected chi connectivity index (χ1v) is 8.60. The Bertz CT molecular complexity index is 708. The number of hydrogen-bond acceptors (Lipinski definition) is 4. The first-order valence-electron chi connectivity index (χ1n) is 8.60. The van der Waals surface area contributed by atoms with Crippen molar-refractivity contribution in [2.24, 2.45) is 0 Å². The Morgan fingerprint density at radius 2 is 1.50 bits per heavy atom. The van der Waals surface area contributed by atoms with Gasteiger partial charge in [-0.2, -0.15) is 0 Å². The minimum atomic E-state index is -0.471. The third kappa shape index (κ3) is 6.24. The Kier molecular flexibility index (Phi) is 6.78. The fraction of sp³-hybridized carbons (Fsp3) is 0.333. The smallest absolute Gasteiger partial charge is 0.410 e. The van der Waals surface area contributed by atoms with Gasteiger partial charge in [-0.25, -0.2) is 4.79 Å². The van der Waals surface area contributed by atoms with Gasteiger partial charge in [0.05, 0.1) is 6.42 Å². The number of esters is 1. The van der Waals surface area contributed by atoms with E-state index in [2.05, 4.69) is 0 Å². The molecule has 26 heavy (non-hydrogen) atoms. The maximum atomic E-state index is 12.5. The van der Waals surface area contributed by atoms with Crippen molar-refractivity contribution in [3.05, 3.63) is 66.2 Å². The molecule has 0 fully saturated rings. The van der Waals surface area contributed by atoms with Crippen LogP contribution >= 0.6 is 0 Å². The van der Waals surface area contributed by atoms with Crippen molar-refractivity contribution >= 4 is 12.1 Å². The van der Waals surface area contributed by atoms with E-state index in [0.29, 0.717) is 5.75 Å². The first-order chi connectivity index (χ1) is 12.4. The molecule has 1 amide bonds. The second-order valence-electron chi connectivity index (χ2n) is 6.90. The van der Waals surface area contributed by atoms with Crippen molar-refractivity contribution in [3.8, 4) is 5.75 Å². The summed E-state index contributed by atoms with van der Waals surface area (Å²) in [6.07, 6.45) is -0.360. The minimum absolute atomic E-state index is 0.0899. The summed E-state index contributed by atoms with van der Waals surface area (Å²) in [6, 6.07) is 18.4. The molecule has 5 nitrogen and oxygen atoms in total. The van der Waals surface area contributed by atoms with E-state index >= 15 is 0 Å². The van der Waals surface area contributed by atoms with Gasteiger partial charge in [-0.15, -0.1) is 0 Å².